The van der Waals surface area contributed by atoms with Crippen molar-refractivity contribution in [3.8, 4) is 0 Å². The van der Waals surface area contributed by atoms with E-state index in [0.29, 0.717) is 0 Å². The molecule has 1 nitrogen and oxygen atoms in total. The van der Waals surface area contributed by atoms with E-state index in [1.54, 1.807) is 0 Å². The van der Waals surface area contributed by atoms with Crippen LogP contribution in [0.3, 0.4) is 0 Å². The van der Waals surface area contributed by atoms with Crippen molar-refractivity contribution in [3.05, 3.63) is 0 Å². The summed E-state index contributed by atoms with van der Waals surface area (Å²) in [4.78, 5) is 0. The molecule has 0 aliphatic carbocycles. The van der Waals surface area contributed by atoms with Crippen LogP contribution in [-0.4, -0.2) is 19.0 Å². The third-order valence-electron chi connectivity index (χ3n) is 0.916. The minimum atomic E-state index is -4.59. The van der Waals surface area contributed by atoms with Crippen LogP contribution in [0, 0.1) is 0 Å². The van der Waals surface area contributed by atoms with Gasteiger partial charge >= 0.3 is 11.4 Å². The van der Waals surface area contributed by atoms with E-state index in [2.05, 4.69) is 4.74 Å². The average molecular weight is 369 g/mol. The summed E-state index contributed by atoms with van der Waals surface area (Å²) in [5.74, 6) is 0. The monoisotopic (exact) mass is 366 g/mol. The number of rotatable bonds is 2. The summed E-state index contributed by atoms with van der Waals surface area (Å²) in [7, 11) is 0. The third kappa shape index (κ3) is 4.51. The van der Waals surface area contributed by atoms with Gasteiger partial charge in [-0.05, 0) is 11.6 Å². The van der Waals surface area contributed by atoms with Crippen molar-refractivity contribution in [1.82, 2.24) is 0 Å². The maximum Gasteiger partial charge on any atom is 0.406 e. The van der Waals surface area contributed by atoms with Gasteiger partial charge in [-0.2, -0.15) is 13.2 Å². The van der Waals surface area contributed by atoms with E-state index in [9.17, 15) is 13.2 Å². The highest BCUT2D eigenvalue weighted by Crippen LogP contribution is 2.52. The summed E-state index contributed by atoms with van der Waals surface area (Å²) in [5.41, 5.74) is 0. The smallest absolute Gasteiger partial charge is 0.262 e. The molecule has 0 bridgehead atoms. The fraction of sp³-hybridized carbons (Fsp3) is 1.00. The molecule has 0 aromatic heterocycles. The van der Waals surface area contributed by atoms with Gasteiger partial charge in [0.2, 0.25) is 0 Å². The first-order valence-electron chi connectivity index (χ1n) is 2.80. The van der Waals surface area contributed by atoms with Gasteiger partial charge in [0.05, 0.1) is 0 Å². The molecular weight excluding hydrogens is 369 g/mol. The summed E-state index contributed by atoms with van der Waals surface area (Å²) < 4.78 is 35.9. The van der Waals surface area contributed by atoms with Crippen molar-refractivity contribution < 1.29 is 17.9 Å². The topological polar surface area (TPSA) is 9.23 Å². The van der Waals surface area contributed by atoms with Crippen LogP contribution in [0.2, 0.25) is 0 Å². The summed E-state index contributed by atoms with van der Waals surface area (Å²) in [5, 5.41) is -3.86. The molecule has 0 saturated carbocycles. The van der Waals surface area contributed by atoms with Crippen LogP contribution in [0.15, 0.2) is 0 Å². The molecule has 1 atom stereocenters. The second kappa shape index (κ2) is 4.81. The predicted octanol–water partition coefficient (Wildman–Crippen LogP) is 5.20. The lowest BCUT2D eigenvalue weighted by atomic mass is 10.6. The van der Waals surface area contributed by atoms with Gasteiger partial charge in [-0.25, -0.2) is 0 Å². The largest absolute Gasteiger partial charge is 0.406 e. The predicted molar refractivity (Wildman–Crippen MR) is 56.3 cm³/mol. The van der Waals surface area contributed by atoms with Crippen LogP contribution >= 0.6 is 81.2 Å². The standard InChI is InChI=1S/C4Cl7F3O/c5-1(6,7)3(11,12)15-4(13,14)2(8,9)10. The first kappa shape index (κ1) is 16.8. The SMILES string of the molecule is FC(F)(OC(F)(Cl)C(Cl)(Cl)Cl)C(Cl)(Cl)Cl. The quantitative estimate of drug-likeness (QED) is 0.608. The molecule has 92 valence electrons. The van der Waals surface area contributed by atoms with E-state index >= 15 is 0 Å². The van der Waals surface area contributed by atoms with Crippen LogP contribution in [-0.2, 0) is 4.74 Å². The van der Waals surface area contributed by atoms with Crippen molar-refractivity contribution in [1.29, 1.82) is 0 Å². The summed E-state index contributed by atoms with van der Waals surface area (Å²) in [6, 6.07) is 0. The van der Waals surface area contributed by atoms with Crippen LogP contribution < -0.4 is 0 Å². The maximum absolute atomic E-state index is 13.1. The molecule has 0 N–H and O–H groups in total. The Morgan fingerprint density at radius 1 is 0.667 bits per heavy atom. The molecule has 0 saturated heterocycles. The van der Waals surface area contributed by atoms with Gasteiger partial charge in [-0.1, -0.05) is 69.6 Å². The van der Waals surface area contributed by atoms with E-state index < -0.39 is 19.0 Å². The summed E-state index contributed by atoms with van der Waals surface area (Å²) in [6.45, 7) is 0. The van der Waals surface area contributed by atoms with Gasteiger partial charge in [0.1, 0.15) is 0 Å². The Bertz CT molecular complexity index is 207. The summed E-state index contributed by atoms with van der Waals surface area (Å²) >= 11 is 33.9. The zero-order valence-corrected chi connectivity index (χ0v) is 11.5. The molecule has 1 unspecified atom stereocenters. The second-order valence-electron chi connectivity index (χ2n) is 2.13. The molecule has 0 aromatic carbocycles. The van der Waals surface area contributed by atoms with Crippen molar-refractivity contribution in [2.24, 2.45) is 0 Å². The van der Waals surface area contributed by atoms with Crippen molar-refractivity contribution in [3.63, 3.8) is 0 Å². The van der Waals surface area contributed by atoms with Gasteiger partial charge in [-0.15, -0.1) is 0 Å². The fourth-order valence-corrected chi connectivity index (χ4v) is 0.605. The number of hydrogen-bond donors (Lipinski definition) is 0. The number of alkyl halides is 10. The van der Waals surface area contributed by atoms with Gasteiger partial charge < -0.3 is 0 Å². The highest BCUT2D eigenvalue weighted by atomic mass is 35.6. The average Bonchev–Trinajstić information content (AvgIpc) is 1.77. The fourth-order valence-electron chi connectivity index (χ4n) is 0.277. The van der Waals surface area contributed by atoms with E-state index in [0.717, 1.165) is 0 Å². The molecule has 0 aliphatic rings. The van der Waals surface area contributed by atoms with Crippen molar-refractivity contribution in [2.45, 2.75) is 19.0 Å². The van der Waals surface area contributed by atoms with E-state index in [4.69, 9.17) is 81.2 Å². The molecule has 0 aliphatic heterocycles. The van der Waals surface area contributed by atoms with Crippen LogP contribution in [0.4, 0.5) is 13.2 Å². The zero-order chi connectivity index (χ0) is 12.7. The molecular formula is C4Cl7F3O. The highest BCUT2D eigenvalue weighted by Gasteiger charge is 2.62. The molecule has 0 radical (unpaired) electrons. The molecule has 11 heteroatoms. The summed E-state index contributed by atoms with van der Waals surface area (Å²) in [6.07, 6.45) is -4.59. The van der Waals surface area contributed by atoms with Crippen molar-refractivity contribution in [2.75, 3.05) is 0 Å². The number of hydrogen-bond acceptors (Lipinski definition) is 1. The Labute approximate surface area is 118 Å². The second-order valence-corrected chi connectivity index (χ2v) is 7.18. The van der Waals surface area contributed by atoms with E-state index in [1.807, 2.05) is 0 Å². The Balaban J connectivity index is 4.89. The Hall–Kier alpha value is 1.78. The van der Waals surface area contributed by atoms with Gasteiger partial charge in [0.25, 0.3) is 7.59 Å². The number of halogens is 10. The molecule has 0 fully saturated rings. The van der Waals surface area contributed by atoms with E-state index in [1.165, 1.54) is 0 Å². The van der Waals surface area contributed by atoms with Crippen LogP contribution in [0.1, 0.15) is 0 Å². The first-order chi connectivity index (χ1) is 6.21. The zero-order valence-electron chi connectivity index (χ0n) is 6.19. The molecule has 0 aromatic rings. The van der Waals surface area contributed by atoms with E-state index in [-0.39, 0.29) is 0 Å². The minimum Gasteiger partial charge on any atom is -0.262 e. The van der Waals surface area contributed by atoms with Gasteiger partial charge in [0.15, 0.2) is 0 Å². The molecule has 0 heterocycles. The lowest BCUT2D eigenvalue weighted by molar-refractivity contribution is -0.299. The van der Waals surface area contributed by atoms with Crippen LogP contribution in [0.25, 0.3) is 0 Å². The Kier molecular flexibility index (Phi) is 5.38. The van der Waals surface area contributed by atoms with Crippen LogP contribution in [0.5, 0.6) is 0 Å². The lowest BCUT2D eigenvalue weighted by Crippen LogP contribution is -2.47. The number of ether oxygens (including phenoxy) is 1. The Morgan fingerprint density at radius 2 is 1.00 bits per heavy atom. The van der Waals surface area contributed by atoms with Gasteiger partial charge in [-0.3, -0.25) is 4.74 Å². The minimum absolute atomic E-state index is 2.99. The Morgan fingerprint density at radius 3 is 1.20 bits per heavy atom. The first-order valence-corrected chi connectivity index (χ1v) is 5.44. The molecule has 0 spiro atoms. The highest BCUT2D eigenvalue weighted by molar-refractivity contribution is 6.70. The van der Waals surface area contributed by atoms with Crippen molar-refractivity contribution >= 4 is 81.2 Å². The maximum atomic E-state index is 13.1. The lowest BCUT2D eigenvalue weighted by Gasteiger charge is -2.32. The normalized spacial score (nSPS) is 18.8. The van der Waals surface area contributed by atoms with Gasteiger partial charge in [0, 0.05) is 0 Å². The molecule has 0 amide bonds. The molecule has 0 rings (SSSR count). The molecule has 15 heavy (non-hydrogen) atoms. The third-order valence-corrected chi connectivity index (χ3v) is 2.96.